The minimum Gasteiger partial charge on any atom is -0.493 e. The van der Waals surface area contributed by atoms with Gasteiger partial charge >= 0.3 is 0 Å². The van der Waals surface area contributed by atoms with Crippen molar-refractivity contribution in [1.29, 1.82) is 0 Å². The van der Waals surface area contributed by atoms with Gasteiger partial charge in [-0.25, -0.2) is 9.97 Å². The Morgan fingerprint density at radius 1 is 1.03 bits per heavy atom. The van der Waals surface area contributed by atoms with Gasteiger partial charge in [0.1, 0.15) is 5.75 Å². The number of piperidine rings is 1. The highest BCUT2D eigenvalue weighted by Crippen LogP contribution is 2.38. The van der Waals surface area contributed by atoms with Gasteiger partial charge in [0.05, 0.1) is 6.61 Å². The number of hydrogen-bond acceptors (Lipinski definition) is 6. The zero-order valence-corrected chi connectivity index (χ0v) is 23.3. The Balaban J connectivity index is 1.33. The molecule has 2 aliphatic rings. The molecule has 4 rings (SSSR count). The number of carbonyl (C=O) groups is 2. The summed E-state index contributed by atoms with van der Waals surface area (Å²) < 4.78 is 6.00. The maximum absolute atomic E-state index is 13.0. The number of likely N-dealkylation sites (tertiary alicyclic amines) is 1. The van der Waals surface area contributed by atoms with Crippen LogP contribution in [0.3, 0.4) is 0 Å². The summed E-state index contributed by atoms with van der Waals surface area (Å²) in [5.74, 6) is 1.87. The summed E-state index contributed by atoms with van der Waals surface area (Å²) in [7, 11) is 1.93. The molecule has 2 aliphatic heterocycles. The van der Waals surface area contributed by atoms with E-state index in [1.54, 1.807) is 0 Å². The number of rotatable bonds is 4. The Bertz CT molecular complexity index is 1080. The summed E-state index contributed by atoms with van der Waals surface area (Å²) in [6, 6.07) is 10.2. The molecule has 1 N–H and O–H groups in total. The molecule has 2 amide bonds. The molecule has 8 nitrogen and oxygen atoms in total. The number of hydrogen-bond donors (Lipinski definition) is 1. The van der Waals surface area contributed by atoms with Crippen LogP contribution in [-0.4, -0.2) is 71.4 Å². The molecular formula is C30H43N5O3. The summed E-state index contributed by atoms with van der Waals surface area (Å²) in [6.07, 6.45) is 7.77. The predicted molar refractivity (Wildman–Crippen MR) is 149 cm³/mol. The van der Waals surface area contributed by atoms with E-state index in [0.717, 1.165) is 75.3 Å². The van der Waals surface area contributed by atoms with Gasteiger partial charge in [-0.1, -0.05) is 24.6 Å². The van der Waals surface area contributed by atoms with Crippen LogP contribution in [-0.2, 0) is 16.0 Å². The molecule has 0 atom stereocenters. The van der Waals surface area contributed by atoms with Gasteiger partial charge < -0.3 is 19.9 Å². The molecule has 3 heterocycles. The fourth-order valence-electron chi connectivity index (χ4n) is 5.82. The van der Waals surface area contributed by atoms with E-state index in [4.69, 9.17) is 4.74 Å². The zero-order valence-electron chi connectivity index (χ0n) is 23.3. The average molecular weight is 522 g/mol. The highest BCUT2D eigenvalue weighted by atomic mass is 16.5. The van der Waals surface area contributed by atoms with Crippen LogP contribution in [0.4, 0.5) is 5.95 Å². The molecule has 1 aromatic carbocycles. The maximum Gasteiger partial charge on any atom is 0.224 e. The fourth-order valence-corrected chi connectivity index (χ4v) is 5.82. The molecule has 1 spiro atoms. The predicted octanol–water partition coefficient (Wildman–Crippen LogP) is 4.55. The Morgan fingerprint density at radius 3 is 2.53 bits per heavy atom. The molecular weight excluding hydrogens is 478 g/mol. The second kappa shape index (κ2) is 13.1. The second-order valence-electron chi connectivity index (χ2n) is 11.0. The lowest BCUT2D eigenvalue weighted by atomic mass is 9.73. The number of nitrogens with zero attached hydrogens (tertiary/aromatic N) is 4. The van der Waals surface area contributed by atoms with Crippen molar-refractivity contribution in [1.82, 2.24) is 19.8 Å². The molecule has 0 saturated carbocycles. The van der Waals surface area contributed by atoms with E-state index in [1.165, 1.54) is 5.56 Å². The number of benzene rings is 1. The van der Waals surface area contributed by atoms with E-state index >= 15 is 0 Å². The van der Waals surface area contributed by atoms with E-state index in [-0.39, 0.29) is 17.2 Å². The molecule has 0 bridgehead atoms. The van der Waals surface area contributed by atoms with Gasteiger partial charge in [-0.2, -0.15) is 0 Å². The minimum atomic E-state index is 0.0620. The average Bonchev–Trinajstić information content (AvgIpc) is 2.89. The summed E-state index contributed by atoms with van der Waals surface area (Å²) in [5.41, 5.74) is 3.14. The van der Waals surface area contributed by atoms with Gasteiger partial charge in [0.25, 0.3) is 0 Å². The summed E-state index contributed by atoms with van der Waals surface area (Å²) >= 11 is 0. The molecule has 1 saturated heterocycles. The highest BCUT2D eigenvalue weighted by Gasteiger charge is 2.37. The number of nitrogens with one attached hydrogen (secondary N) is 1. The molecule has 0 radical (unpaired) electrons. The van der Waals surface area contributed by atoms with Gasteiger partial charge in [-0.3, -0.25) is 9.59 Å². The largest absolute Gasteiger partial charge is 0.493 e. The minimum absolute atomic E-state index is 0.0620. The van der Waals surface area contributed by atoms with E-state index < -0.39 is 0 Å². The van der Waals surface area contributed by atoms with Crippen LogP contribution in [0.25, 0.3) is 0 Å². The standard InChI is InChI=1S/C30H43N5O3/c1-23-21-24(2)33-29(32-23)31-17-13-28(37)35-18-15-30(16-19-35)14-7-6-10-25-9-4-5-11-26(25)38-20-8-12-27(36)34(3)22-30/h4-5,9,11,21H,6-8,10,12-20,22H2,1-3H3,(H,31,32,33). The van der Waals surface area contributed by atoms with Crippen molar-refractivity contribution in [2.24, 2.45) is 5.41 Å². The third kappa shape index (κ3) is 7.68. The van der Waals surface area contributed by atoms with Crippen LogP contribution in [0.2, 0.25) is 0 Å². The first-order valence-electron chi connectivity index (χ1n) is 14.1. The zero-order chi connectivity index (χ0) is 27.0. The number of fused-ring (bicyclic) bond motifs is 1. The first-order valence-corrected chi connectivity index (χ1v) is 14.1. The quantitative estimate of drug-likeness (QED) is 0.635. The monoisotopic (exact) mass is 521 g/mol. The van der Waals surface area contributed by atoms with Crippen molar-refractivity contribution in [2.45, 2.75) is 71.6 Å². The Kier molecular flexibility index (Phi) is 9.58. The van der Waals surface area contributed by atoms with Crippen LogP contribution in [0.1, 0.15) is 68.3 Å². The second-order valence-corrected chi connectivity index (χ2v) is 11.0. The number of aromatic nitrogens is 2. The van der Waals surface area contributed by atoms with Gasteiger partial charge in [-0.15, -0.1) is 0 Å². The van der Waals surface area contributed by atoms with E-state index in [2.05, 4.69) is 27.4 Å². The van der Waals surface area contributed by atoms with Gasteiger partial charge in [-0.05, 0) is 75.5 Å². The van der Waals surface area contributed by atoms with Crippen molar-refractivity contribution in [3.63, 3.8) is 0 Å². The summed E-state index contributed by atoms with van der Waals surface area (Å²) in [4.78, 5) is 38.6. The van der Waals surface area contributed by atoms with Crippen molar-refractivity contribution in [2.75, 3.05) is 45.2 Å². The number of amides is 2. The lowest BCUT2D eigenvalue weighted by Gasteiger charge is -2.44. The number of aryl methyl sites for hydroxylation is 3. The SMILES string of the molecule is Cc1cc(C)nc(NCCC(=O)N2CCC3(CCCCc4ccccc4OCCCC(=O)N(C)C3)CC2)n1. The molecule has 8 heteroatoms. The van der Waals surface area contributed by atoms with Crippen LogP contribution >= 0.6 is 0 Å². The van der Waals surface area contributed by atoms with Gasteiger partial charge in [0.15, 0.2) is 0 Å². The fraction of sp³-hybridized carbons (Fsp3) is 0.600. The summed E-state index contributed by atoms with van der Waals surface area (Å²) in [5, 5.41) is 3.20. The molecule has 38 heavy (non-hydrogen) atoms. The first kappa shape index (κ1) is 27.9. The van der Waals surface area contributed by atoms with E-state index in [0.29, 0.717) is 38.4 Å². The van der Waals surface area contributed by atoms with E-state index in [9.17, 15) is 9.59 Å². The molecule has 0 aliphatic carbocycles. The molecule has 0 unspecified atom stereocenters. The van der Waals surface area contributed by atoms with Crippen LogP contribution < -0.4 is 10.1 Å². The highest BCUT2D eigenvalue weighted by molar-refractivity contribution is 5.77. The first-order chi connectivity index (χ1) is 18.3. The summed E-state index contributed by atoms with van der Waals surface area (Å²) in [6.45, 7) is 7.22. The number of para-hydroxylation sites is 1. The molecule has 1 fully saturated rings. The maximum atomic E-state index is 13.0. The smallest absolute Gasteiger partial charge is 0.224 e. The lowest BCUT2D eigenvalue weighted by Crippen LogP contribution is -2.48. The van der Waals surface area contributed by atoms with E-state index in [1.807, 2.05) is 48.9 Å². The topological polar surface area (TPSA) is 87.7 Å². The number of carbonyl (C=O) groups excluding carboxylic acids is 2. The normalized spacial score (nSPS) is 18.9. The third-order valence-corrected chi connectivity index (χ3v) is 7.95. The molecule has 1 aromatic heterocycles. The van der Waals surface area contributed by atoms with Crippen molar-refractivity contribution < 1.29 is 14.3 Å². The third-order valence-electron chi connectivity index (χ3n) is 7.95. The van der Waals surface area contributed by atoms with Crippen LogP contribution in [0, 0.1) is 19.3 Å². The Labute approximate surface area is 227 Å². The van der Waals surface area contributed by atoms with Gasteiger partial charge in [0, 0.05) is 57.5 Å². The van der Waals surface area contributed by atoms with Crippen LogP contribution in [0.15, 0.2) is 30.3 Å². The molecule has 2 aromatic rings. The Hall–Kier alpha value is -3.16. The number of ether oxygens (including phenoxy) is 1. The lowest BCUT2D eigenvalue weighted by molar-refractivity contribution is -0.136. The molecule has 206 valence electrons. The van der Waals surface area contributed by atoms with Crippen molar-refractivity contribution in [3.8, 4) is 5.75 Å². The van der Waals surface area contributed by atoms with Crippen LogP contribution in [0.5, 0.6) is 5.75 Å². The van der Waals surface area contributed by atoms with Crippen molar-refractivity contribution >= 4 is 17.8 Å². The van der Waals surface area contributed by atoms with Gasteiger partial charge in [0.2, 0.25) is 17.8 Å². The van der Waals surface area contributed by atoms with Crippen molar-refractivity contribution in [3.05, 3.63) is 47.3 Å². The number of anilines is 1. The Morgan fingerprint density at radius 2 is 1.76 bits per heavy atom.